The molecule has 0 aromatic heterocycles. The maximum atomic E-state index is 12.6. The van der Waals surface area contributed by atoms with Gasteiger partial charge >= 0.3 is 0 Å². The Bertz CT molecular complexity index is 877. The van der Waals surface area contributed by atoms with Gasteiger partial charge in [0.05, 0.1) is 11.8 Å². The van der Waals surface area contributed by atoms with E-state index in [4.69, 9.17) is 4.74 Å². The maximum absolute atomic E-state index is 12.6. The smallest absolute Gasteiger partial charge is 0.228 e. The van der Waals surface area contributed by atoms with Crippen LogP contribution in [0.15, 0.2) is 54.6 Å². The van der Waals surface area contributed by atoms with Crippen molar-refractivity contribution in [2.45, 2.75) is 6.42 Å². The third kappa shape index (κ3) is 4.56. The highest BCUT2D eigenvalue weighted by Crippen LogP contribution is 2.41. The van der Waals surface area contributed by atoms with Crippen LogP contribution in [0.1, 0.15) is 6.42 Å². The number of para-hydroxylation sites is 1. The molecular weight excluding hydrogens is 370 g/mol. The topological polar surface area (TPSA) is 79.0 Å². The molecule has 150 valence electrons. The van der Waals surface area contributed by atoms with E-state index in [0.29, 0.717) is 44.0 Å². The molecule has 29 heavy (non-hydrogen) atoms. The SMILES string of the molecule is O=CN1CCN(C(=O)C2CC2C(=O)Nc2ccc(Oc3ccccc3)cc2)CC1. The number of carbonyl (C=O) groups is 3. The molecule has 1 aliphatic carbocycles. The Hall–Kier alpha value is -3.35. The lowest BCUT2D eigenvalue weighted by Crippen LogP contribution is -2.48. The summed E-state index contributed by atoms with van der Waals surface area (Å²) < 4.78 is 5.74. The summed E-state index contributed by atoms with van der Waals surface area (Å²) in [5.41, 5.74) is 0.674. The number of benzene rings is 2. The van der Waals surface area contributed by atoms with E-state index in [0.717, 1.165) is 12.2 Å². The van der Waals surface area contributed by atoms with Gasteiger partial charge in [-0.05, 0) is 42.8 Å². The lowest BCUT2D eigenvalue weighted by molar-refractivity contribution is -0.137. The highest BCUT2D eigenvalue weighted by atomic mass is 16.5. The van der Waals surface area contributed by atoms with Gasteiger partial charge in [0, 0.05) is 31.9 Å². The zero-order valence-electron chi connectivity index (χ0n) is 16.0. The van der Waals surface area contributed by atoms with E-state index in [9.17, 15) is 14.4 Å². The van der Waals surface area contributed by atoms with Crippen LogP contribution in [0.4, 0.5) is 5.69 Å². The molecule has 0 spiro atoms. The predicted molar refractivity (Wildman–Crippen MR) is 107 cm³/mol. The van der Waals surface area contributed by atoms with Gasteiger partial charge < -0.3 is 19.9 Å². The second-order valence-electron chi connectivity index (χ2n) is 7.34. The Balaban J connectivity index is 1.27. The first kappa shape index (κ1) is 19.0. The molecule has 7 heteroatoms. The van der Waals surface area contributed by atoms with Crippen molar-refractivity contribution in [2.24, 2.45) is 11.8 Å². The summed E-state index contributed by atoms with van der Waals surface area (Å²) in [5.74, 6) is 0.778. The number of nitrogens with zero attached hydrogens (tertiary/aromatic N) is 2. The quantitative estimate of drug-likeness (QED) is 0.764. The van der Waals surface area contributed by atoms with Gasteiger partial charge in [0.15, 0.2) is 0 Å². The highest BCUT2D eigenvalue weighted by Gasteiger charge is 2.49. The summed E-state index contributed by atoms with van der Waals surface area (Å²) in [7, 11) is 0. The van der Waals surface area contributed by atoms with Crippen molar-refractivity contribution in [2.75, 3.05) is 31.5 Å². The van der Waals surface area contributed by atoms with E-state index in [1.807, 2.05) is 30.3 Å². The fourth-order valence-electron chi connectivity index (χ4n) is 3.51. The number of anilines is 1. The molecule has 0 radical (unpaired) electrons. The largest absolute Gasteiger partial charge is 0.457 e. The summed E-state index contributed by atoms with van der Waals surface area (Å²) in [5, 5.41) is 2.88. The van der Waals surface area contributed by atoms with Gasteiger partial charge in [-0.25, -0.2) is 0 Å². The van der Waals surface area contributed by atoms with Crippen LogP contribution < -0.4 is 10.1 Å². The van der Waals surface area contributed by atoms with E-state index in [1.165, 1.54) is 0 Å². The van der Waals surface area contributed by atoms with Gasteiger partial charge in [0.1, 0.15) is 11.5 Å². The van der Waals surface area contributed by atoms with Gasteiger partial charge in [0.25, 0.3) is 0 Å². The second kappa shape index (κ2) is 8.34. The average Bonchev–Trinajstić information content (AvgIpc) is 3.57. The minimum Gasteiger partial charge on any atom is -0.457 e. The van der Waals surface area contributed by atoms with E-state index >= 15 is 0 Å². The Morgan fingerprint density at radius 2 is 1.55 bits per heavy atom. The average molecular weight is 393 g/mol. The summed E-state index contributed by atoms with van der Waals surface area (Å²) in [6.07, 6.45) is 1.39. The van der Waals surface area contributed by atoms with Crippen LogP contribution in [0.5, 0.6) is 11.5 Å². The number of amides is 3. The van der Waals surface area contributed by atoms with Gasteiger partial charge in [-0.1, -0.05) is 18.2 Å². The molecule has 1 saturated heterocycles. The molecule has 7 nitrogen and oxygen atoms in total. The fraction of sp³-hybridized carbons (Fsp3) is 0.318. The van der Waals surface area contributed by atoms with Crippen molar-refractivity contribution in [3.63, 3.8) is 0 Å². The molecule has 1 saturated carbocycles. The lowest BCUT2D eigenvalue weighted by atomic mass is 10.2. The van der Waals surface area contributed by atoms with Crippen LogP contribution in [0.25, 0.3) is 0 Å². The van der Waals surface area contributed by atoms with Crippen LogP contribution in [0.3, 0.4) is 0 Å². The van der Waals surface area contributed by atoms with E-state index in [2.05, 4.69) is 5.32 Å². The molecule has 1 N–H and O–H groups in total. The molecule has 0 bridgehead atoms. The van der Waals surface area contributed by atoms with Crippen LogP contribution in [0.2, 0.25) is 0 Å². The van der Waals surface area contributed by atoms with E-state index in [1.54, 1.807) is 34.1 Å². The Labute approximate surface area is 169 Å². The maximum Gasteiger partial charge on any atom is 0.228 e. The summed E-state index contributed by atoms with van der Waals surface area (Å²) >= 11 is 0. The fourth-order valence-corrected chi connectivity index (χ4v) is 3.51. The van der Waals surface area contributed by atoms with Gasteiger partial charge in [0.2, 0.25) is 18.2 Å². The van der Waals surface area contributed by atoms with Crippen LogP contribution in [-0.2, 0) is 14.4 Å². The number of hydrogen-bond acceptors (Lipinski definition) is 4. The Kier molecular flexibility index (Phi) is 5.46. The third-order valence-corrected chi connectivity index (χ3v) is 5.32. The minimum atomic E-state index is -0.285. The first-order valence-corrected chi connectivity index (χ1v) is 9.76. The van der Waals surface area contributed by atoms with Crippen molar-refractivity contribution in [3.8, 4) is 11.5 Å². The number of carbonyl (C=O) groups excluding carboxylic acids is 3. The zero-order chi connectivity index (χ0) is 20.2. The van der Waals surface area contributed by atoms with Gasteiger partial charge in [-0.15, -0.1) is 0 Å². The lowest BCUT2D eigenvalue weighted by Gasteiger charge is -2.32. The second-order valence-corrected chi connectivity index (χ2v) is 7.34. The first-order valence-electron chi connectivity index (χ1n) is 9.76. The third-order valence-electron chi connectivity index (χ3n) is 5.32. The standard InChI is InChI=1S/C22H23N3O4/c26-15-24-10-12-25(13-11-24)22(28)20-14-19(20)21(27)23-16-6-8-18(9-7-16)29-17-4-2-1-3-5-17/h1-9,15,19-20H,10-14H2,(H,23,27). The monoisotopic (exact) mass is 393 g/mol. The Morgan fingerprint density at radius 3 is 2.21 bits per heavy atom. The van der Waals surface area contributed by atoms with Crippen molar-refractivity contribution in [1.29, 1.82) is 0 Å². The Morgan fingerprint density at radius 1 is 0.897 bits per heavy atom. The molecule has 2 aromatic carbocycles. The molecule has 3 amide bonds. The van der Waals surface area contributed by atoms with Crippen LogP contribution in [-0.4, -0.2) is 54.2 Å². The van der Waals surface area contributed by atoms with Crippen LogP contribution >= 0.6 is 0 Å². The molecular formula is C22H23N3O4. The number of hydrogen-bond donors (Lipinski definition) is 1. The summed E-state index contributed by atoms with van der Waals surface area (Å²) in [6.45, 7) is 2.17. The van der Waals surface area contributed by atoms with Crippen LogP contribution in [0, 0.1) is 11.8 Å². The molecule has 2 fully saturated rings. The number of rotatable bonds is 6. The van der Waals surface area contributed by atoms with Crippen molar-refractivity contribution in [3.05, 3.63) is 54.6 Å². The summed E-state index contributed by atoms with van der Waals surface area (Å²) in [4.78, 5) is 39.2. The zero-order valence-corrected chi connectivity index (χ0v) is 16.0. The summed E-state index contributed by atoms with van der Waals surface area (Å²) in [6, 6.07) is 16.6. The predicted octanol–water partition coefficient (Wildman–Crippen LogP) is 2.35. The number of piperazine rings is 1. The van der Waals surface area contributed by atoms with Gasteiger partial charge in [-0.2, -0.15) is 0 Å². The van der Waals surface area contributed by atoms with Crippen molar-refractivity contribution in [1.82, 2.24) is 9.80 Å². The molecule has 1 heterocycles. The normalized spacial score (nSPS) is 20.7. The van der Waals surface area contributed by atoms with Gasteiger partial charge in [-0.3, -0.25) is 14.4 Å². The number of ether oxygens (including phenoxy) is 1. The van der Waals surface area contributed by atoms with E-state index < -0.39 is 0 Å². The molecule has 4 rings (SSSR count). The molecule has 2 atom stereocenters. The highest BCUT2D eigenvalue weighted by molar-refractivity contribution is 5.99. The van der Waals surface area contributed by atoms with Crippen molar-refractivity contribution < 1.29 is 19.1 Å². The van der Waals surface area contributed by atoms with E-state index in [-0.39, 0.29) is 23.7 Å². The minimum absolute atomic E-state index is 0.0160. The molecule has 2 unspecified atom stereocenters. The molecule has 2 aliphatic rings. The molecule has 2 aromatic rings. The first-order chi connectivity index (χ1) is 14.1. The molecule has 1 aliphatic heterocycles. The van der Waals surface area contributed by atoms with Crippen molar-refractivity contribution >= 4 is 23.9 Å². The number of nitrogens with one attached hydrogen (secondary N) is 1.